The van der Waals surface area contributed by atoms with E-state index in [1.807, 2.05) is 0 Å². The molecule has 3 aromatic rings. The molecule has 0 atom stereocenters. The number of nitrogens with one attached hydrogen (secondary N) is 2. The summed E-state index contributed by atoms with van der Waals surface area (Å²) in [5, 5.41) is 20.4. The fraction of sp³-hybridized carbons (Fsp3) is 0. The number of phenolic OH excluding ortho intramolecular Hbond substituents is 1. The minimum absolute atomic E-state index is 0.0466. The van der Waals surface area contributed by atoms with Crippen molar-refractivity contribution in [1.82, 2.24) is 10.2 Å². The van der Waals surface area contributed by atoms with Gasteiger partial charge in [0.15, 0.2) is 5.82 Å². The lowest BCUT2D eigenvalue weighted by Gasteiger charge is -2.05. The van der Waals surface area contributed by atoms with Gasteiger partial charge < -0.3 is 16.2 Å². The standard InChI is InChI=1S/C17H13Cl2N5O2/c18-10-2-1-3-12(6-10)22-17-14(15(20)26)16(23-24-17)21-8-9-4-5-11(19)7-13(9)25/h1-8,25H,(H2,20,26)(H2,22,23,24). The number of carbonyl (C=O) groups is 1. The van der Waals surface area contributed by atoms with Gasteiger partial charge in [-0.2, -0.15) is 5.10 Å². The summed E-state index contributed by atoms with van der Waals surface area (Å²) in [7, 11) is 0. The van der Waals surface area contributed by atoms with Crippen LogP contribution in [0.4, 0.5) is 17.3 Å². The summed E-state index contributed by atoms with van der Waals surface area (Å²) < 4.78 is 0. The molecule has 26 heavy (non-hydrogen) atoms. The van der Waals surface area contributed by atoms with Crippen molar-refractivity contribution in [3.8, 4) is 5.75 Å². The molecule has 0 radical (unpaired) electrons. The van der Waals surface area contributed by atoms with Gasteiger partial charge in [0.25, 0.3) is 5.91 Å². The first kappa shape index (κ1) is 17.8. The number of halogens is 2. The second kappa shape index (κ2) is 7.47. The van der Waals surface area contributed by atoms with Crippen molar-refractivity contribution in [3.05, 3.63) is 63.6 Å². The molecule has 0 saturated carbocycles. The number of aromatic hydroxyl groups is 1. The van der Waals surface area contributed by atoms with E-state index in [1.54, 1.807) is 36.4 Å². The van der Waals surface area contributed by atoms with Crippen LogP contribution in [-0.2, 0) is 0 Å². The number of nitrogens with zero attached hydrogens (tertiary/aromatic N) is 2. The number of nitrogens with two attached hydrogens (primary N) is 1. The maximum Gasteiger partial charge on any atom is 0.256 e. The van der Waals surface area contributed by atoms with Gasteiger partial charge in [0.1, 0.15) is 17.1 Å². The predicted octanol–water partition coefficient (Wildman–Crippen LogP) is 4.02. The van der Waals surface area contributed by atoms with Crippen LogP contribution in [0, 0.1) is 0 Å². The Hall–Kier alpha value is -3.03. The first-order valence-electron chi connectivity index (χ1n) is 7.37. The Morgan fingerprint density at radius 2 is 2.00 bits per heavy atom. The topological polar surface area (TPSA) is 116 Å². The molecular weight excluding hydrogens is 377 g/mol. The van der Waals surface area contributed by atoms with Crippen molar-refractivity contribution in [3.63, 3.8) is 0 Å². The smallest absolute Gasteiger partial charge is 0.256 e. The Kier molecular flexibility index (Phi) is 5.11. The quantitative estimate of drug-likeness (QED) is 0.493. The molecule has 0 spiro atoms. The number of hydrogen-bond donors (Lipinski definition) is 4. The zero-order chi connectivity index (χ0) is 18.7. The van der Waals surface area contributed by atoms with Gasteiger partial charge in [-0.25, -0.2) is 4.99 Å². The average Bonchev–Trinajstić information content (AvgIpc) is 2.97. The minimum Gasteiger partial charge on any atom is -0.507 e. The third-order valence-electron chi connectivity index (χ3n) is 3.41. The highest BCUT2D eigenvalue weighted by atomic mass is 35.5. The van der Waals surface area contributed by atoms with Crippen LogP contribution >= 0.6 is 23.2 Å². The zero-order valence-electron chi connectivity index (χ0n) is 13.2. The number of aromatic amines is 1. The Balaban J connectivity index is 1.92. The molecule has 3 rings (SSSR count). The predicted molar refractivity (Wildman–Crippen MR) is 102 cm³/mol. The minimum atomic E-state index is -0.712. The van der Waals surface area contributed by atoms with Gasteiger partial charge in [-0.05, 0) is 36.4 Å². The molecule has 0 aliphatic heterocycles. The Labute approximate surface area is 158 Å². The fourth-order valence-electron chi connectivity index (χ4n) is 2.22. The molecule has 1 amide bonds. The fourth-order valence-corrected chi connectivity index (χ4v) is 2.57. The third-order valence-corrected chi connectivity index (χ3v) is 3.88. The van der Waals surface area contributed by atoms with E-state index in [0.29, 0.717) is 21.3 Å². The number of H-pyrrole nitrogens is 1. The number of rotatable bonds is 5. The number of phenols is 1. The van der Waals surface area contributed by atoms with Gasteiger partial charge >= 0.3 is 0 Å². The molecule has 5 N–H and O–H groups in total. The molecule has 7 nitrogen and oxygen atoms in total. The van der Waals surface area contributed by atoms with Crippen molar-refractivity contribution in [2.75, 3.05) is 5.32 Å². The van der Waals surface area contributed by atoms with Gasteiger partial charge in [0.2, 0.25) is 0 Å². The lowest BCUT2D eigenvalue weighted by atomic mass is 10.2. The average molecular weight is 390 g/mol. The number of primary amides is 1. The van der Waals surface area contributed by atoms with E-state index in [1.165, 1.54) is 12.3 Å². The molecule has 2 aromatic carbocycles. The number of aromatic nitrogens is 2. The number of hydrogen-bond acceptors (Lipinski definition) is 5. The molecular formula is C17H13Cl2N5O2. The molecule has 0 unspecified atom stereocenters. The Bertz CT molecular complexity index is 1000. The maximum absolute atomic E-state index is 11.8. The molecule has 0 aliphatic rings. The van der Waals surface area contributed by atoms with Crippen LogP contribution < -0.4 is 11.1 Å². The van der Waals surface area contributed by atoms with E-state index in [4.69, 9.17) is 28.9 Å². The van der Waals surface area contributed by atoms with Gasteiger partial charge in [0.05, 0.1) is 0 Å². The first-order chi connectivity index (χ1) is 12.4. The SMILES string of the molecule is NC(=O)c1c(N=Cc2ccc(Cl)cc2O)n[nH]c1Nc1cccc(Cl)c1. The van der Waals surface area contributed by atoms with Crippen molar-refractivity contribution >= 4 is 52.6 Å². The van der Waals surface area contributed by atoms with Crippen molar-refractivity contribution < 1.29 is 9.90 Å². The van der Waals surface area contributed by atoms with Crippen LogP contribution in [0.3, 0.4) is 0 Å². The molecule has 0 aliphatic carbocycles. The molecule has 0 saturated heterocycles. The highest BCUT2D eigenvalue weighted by Gasteiger charge is 2.18. The largest absolute Gasteiger partial charge is 0.507 e. The van der Waals surface area contributed by atoms with Crippen molar-refractivity contribution in [2.45, 2.75) is 0 Å². The Morgan fingerprint density at radius 1 is 1.23 bits per heavy atom. The molecule has 0 bridgehead atoms. The highest BCUT2D eigenvalue weighted by Crippen LogP contribution is 2.28. The number of carbonyl (C=O) groups excluding carboxylic acids is 1. The highest BCUT2D eigenvalue weighted by molar-refractivity contribution is 6.31. The molecule has 0 fully saturated rings. The summed E-state index contributed by atoms with van der Waals surface area (Å²) in [6, 6.07) is 11.5. The zero-order valence-corrected chi connectivity index (χ0v) is 14.7. The second-order valence-corrected chi connectivity index (χ2v) is 6.13. The van der Waals surface area contributed by atoms with Crippen molar-refractivity contribution in [1.29, 1.82) is 0 Å². The van der Waals surface area contributed by atoms with E-state index in [0.717, 1.165) is 0 Å². The van der Waals surface area contributed by atoms with Crippen LogP contribution in [0.1, 0.15) is 15.9 Å². The Morgan fingerprint density at radius 3 is 2.69 bits per heavy atom. The number of anilines is 2. The molecule has 132 valence electrons. The van der Waals surface area contributed by atoms with Gasteiger partial charge in [-0.3, -0.25) is 9.89 Å². The third kappa shape index (κ3) is 3.96. The van der Waals surface area contributed by atoms with Gasteiger partial charge in [-0.1, -0.05) is 29.3 Å². The summed E-state index contributed by atoms with van der Waals surface area (Å²) in [5.41, 5.74) is 6.60. The van der Waals surface area contributed by atoms with E-state index in [2.05, 4.69) is 20.5 Å². The van der Waals surface area contributed by atoms with Gasteiger partial charge in [0, 0.05) is 27.5 Å². The summed E-state index contributed by atoms with van der Waals surface area (Å²) in [5.74, 6) is -0.394. The summed E-state index contributed by atoms with van der Waals surface area (Å²) in [4.78, 5) is 16.0. The normalized spacial score (nSPS) is 11.0. The number of amides is 1. The maximum atomic E-state index is 11.8. The van der Waals surface area contributed by atoms with E-state index in [-0.39, 0.29) is 22.9 Å². The molecule has 1 heterocycles. The van der Waals surface area contributed by atoms with E-state index >= 15 is 0 Å². The molecule has 1 aromatic heterocycles. The van der Waals surface area contributed by atoms with Crippen LogP contribution in [-0.4, -0.2) is 27.4 Å². The van der Waals surface area contributed by atoms with Crippen LogP contribution in [0.2, 0.25) is 10.0 Å². The number of benzene rings is 2. The van der Waals surface area contributed by atoms with E-state index in [9.17, 15) is 9.90 Å². The molecule has 9 heteroatoms. The summed E-state index contributed by atoms with van der Waals surface area (Å²) >= 11 is 11.7. The monoisotopic (exact) mass is 389 g/mol. The number of aliphatic imine (C=N–C) groups is 1. The second-order valence-electron chi connectivity index (χ2n) is 5.26. The van der Waals surface area contributed by atoms with Crippen molar-refractivity contribution in [2.24, 2.45) is 10.7 Å². The lowest BCUT2D eigenvalue weighted by Crippen LogP contribution is -2.12. The van der Waals surface area contributed by atoms with Crippen LogP contribution in [0.5, 0.6) is 5.75 Å². The van der Waals surface area contributed by atoms with E-state index < -0.39 is 5.91 Å². The lowest BCUT2D eigenvalue weighted by molar-refractivity contribution is 0.100. The first-order valence-corrected chi connectivity index (χ1v) is 8.13. The summed E-state index contributed by atoms with van der Waals surface area (Å²) in [6.07, 6.45) is 1.36. The van der Waals surface area contributed by atoms with Crippen LogP contribution in [0.25, 0.3) is 0 Å². The summed E-state index contributed by atoms with van der Waals surface area (Å²) in [6.45, 7) is 0. The van der Waals surface area contributed by atoms with Crippen LogP contribution in [0.15, 0.2) is 47.5 Å². The van der Waals surface area contributed by atoms with Gasteiger partial charge in [-0.15, -0.1) is 0 Å².